The number of benzene rings is 1. The van der Waals surface area contributed by atoms with Crippen LogP contribution >= 0.6 is 11.8 Å². The minimum Gasteiger partial charge on any atom is -0.352 e. The fraction of sp³-hybridized carbons (Fsp3) is 0.286. The number of fused-ring (bicyclic) bond motifs is 1. The first-order chi connectivity index (χ1) is 9.20. The number of nitrogens with one attached hydrogen (secondary N) is 2. The predicted molar refractivity (Wildman–Crippen MR) is 80.2 cm³/mol. The second-order valence-electron chi connectivity index (χ2n) is 4.19. The molecule has 1 heterocycles. The number of para-hydroxylation sites is 2. The molecule has 2 N–H and O–H groups in total. The van der Waals surface area contributed by atoms with Crippen molar-refractivity contribution in [2.45, 2.75) is 12.2 Å². The van der Waals surface area contributed by atoms with Gasteiger partial charge in [-0.15, -0.1) is 18.3 Å². The highest BCUT2D eigenvalue weighted by molar-refractivity contribution is 8.00. The van der Waals surface area contributed by atoms with Gasteiger partial charge < -0.3 is 10.3 Å². The van der Waals surface area contributed by atoms with Gasteiger partial charge in [0.1, 0.15) is 5.82 Å². The van der Waals surface area contributed by atoms with Crippen molar-refractivity contribution in [3.63, 3.8) is 0 Å². The molecule has 0 fully saturated rings. The Morgan fingerprint density at radius 3 is 3.11 bits per heavy atom. The lowest BCUT2D eigenvalue weighted by atomic mass is 10.3. The fourth-order valence-corrected chi connectivity index (χ4v) is 2.45. The van der Waals surface area contributed by atoms with Gasteiger partial charge in [-0.05, 0) is 19.1 Å². The highest BCUT2D eigenvalue weighted by Crippen LogP contribution is 2.27. The maximum absolute atomic E-state index is 11.5. The zero-order valence-electron chi connectivity index (χ0n) is 10.8. The molecule has 4 nitrogen and oxygen atoms in total. The van der Waals surface area contributed by atoms with Gasteiger partial charge in [-0.2, -0.15) is 0 Å². The van der Waals surface area contributed by atoms with E-state index in [1.807, 2.05) is 31.2 Å². The van der Waals surface area contributed by atoms with E-state index in [1.54, 1.807) is 17.8 Å². The van der Waals surface area contributed by atoms with Crippen LogP contribution in [0.3, 0.4) is 0 Å². The normalized spacial score (nSPS) is 12.3. The number of carbonyl (C=O) groups excluding carboxylic acids is 1. The van der Waals surface area contributed by atoms with Crippen LogP contribution in [0.1, 0.15) is 18.0 Å². The summed E-state index contributed by atoms with van der Waals surface area (Å²) in [5.74, 6) is 1.35. The van der Waals surface area contributed by atoms with Gasteiger partial charge in [-0.3, -0.25) is 4.79 Å². The smallest absolute Gasteiger partial charge is 0.230 e. The van der Waals surface area contributed by atoms with Crippen molar-refractivity contribution in [2.75, 3.05) is 12.3 Å². The molecule has 0 saturated carbocycles. The van der Waals surface area contributed by atoms with Crippen LogP contribution in [0.2, 0.25) is 0 Å². The van der Waals surface area contributed by atoms with Gasteiger partial charge in [0.15, 0.2) is 0 Å². The number of nitrogens with zero attached hydrogens (tertiary/aromatic N) is 1. The van der Waals surface area contributed by atoms with Gasteiger partial charge >= 0.3 is 0 Å². The van der Waals surface area contributed by atoms with E-state index in [1.165, 1.54) is 0 Å². The van der Waals surface area contributed by atoms with Crippen molar-refractivity contribution in [2.24, 2.45) is 0 Å². The van der Waals surface area contributed by atoms with E-state index in [2.05, 4.69) is 21.9 Å². The minimum absolute atomic E-state index is 0.0212. The Morgan fingerprint density at radius 1 is 1.58 bits per heavy atom. The first kappa shape index (κ1) is 13.7. The minimum atomic E-state index is 0.0212. The number of hydrogen-bond donors (Lipinski definition) is 2. The zero-order valence-corrected chi connectivity index (χ0v) is 11.7. The second-order valence-corrected chi connectivity index (χ2v) is 5.51. The average molecular weight is 275 g/mol. The summed E-state index contributed by atoms with van der Waals surface area (Å²) < 4.78 is 0. The lowest BCUT2D eigenvalue weighted by molar-refractivity contribution is -0.118. The summed E-state index contributed by atoms with van der Waals surface area (Å²) in [5.41, 5.74) is 1.99. The lowest BCUT2D eigenvalue weighted by Crippen LogP contribution is -2.25. The second kappa shape index (κ2) is 6.43. The van der Waals surface area contributed by atoms with Crippen LogP contribution in [0.25, 0.3) is 11.0 Å². The van der Waals surface area contributed by atoms with Crippen molar-refractivity contribution in [3.05, 3.63) is 42.7 Å². The van der Waals surface area contributed by atoms with Crippen molar-refractivity contribution in [1.29, 1.82) is 0 Å². The Kier molecular flexibility index (Phi) is 4.63. The molecule has 0 radical (unpaired) electrons. The molecule has 0 aliphatic carbocycles. The highest BCUT2D eigenvalue weighted by Gasteiger charge is 2.12. The highest BCUT2D eigenvalue weighted by atomic mass is 32.2. The lowest BCUT2D eigenvalue weighted by Gasteiger charge is -2.07. The van der Waals surface area contributed by atoms with Crippen molar-refractivity contribution >= 4 is 28.7 Å². The number of aromatic nitrogens is 2. The molecule has 2 aromatic rings. The van der Waals surface area contributed by atoms with E-state index < -0.39 is 0 Å². The SMILES string of the molecule is C=CCNC(=O)CSC(C)c1nc2ccccc2[nH]1. The molecule has 1 atom stereocenters. The summed E-state index contributed by atoms with van der Waals surface area (Å²) in [4.78, 5) is 19.3. The summed E-state index contributed by atoms with van der Waals surface area (Å²) in [6, 6.07) is 7.92. The molecule has 0 spiro atoms. The van der Waals surface area contributed by atoms with Crippen LogP contribution in [0.15, 0.2) is 36.9 Å². The zero-order chi connectivity index (χ0) is 13.7. The summed E-state index contributed by atoms with van der Waals surface area (Å²) in [7, 11) is 0. The molecule has 100 valence electrons. The maximum atomic E-state index is 11.5. The van der Waals surface area contributed by atoms with Crippen LogP contribution in [0.4, 0.5) is 0 Å². The molecule has 1 aromatic carbocycles. The van der Waals surface area contributed by atoms with E-state index in [9.17, 15) is 4.79 Å². The van der Waals surface area contributed by atoms with Crippen LogP contribution in [0.5, 0.6) is 0 Å². The predicted octanol–water partition coefficient (Wildman–Crippen LogP) is 2.66. The Hall–Kier alpha value is -1.75. The third-order valence-corrected chi connectivity index (χ3v) is 3.85. The fourth-order valence-electron chi connectivity index (χ4n) is 1.68. The number of H-pyrrole nitrogens is 1. The molecule has 1 amide bonds. The molecule has 0 aliphatic rings. The quantitative estimate of drug-likeness (QED) is 0.797. The maximum Gasteiger partial charge on any atom is 0.230 e. The number of rotatable bonds is 6. The van der Waals surface area contributed by atoms with E-state index in [-0.39, 0.29) is 11.2 Å². The van der Waals surface area contributed by atoms with E-state index in [4.69, 9.17) is 0 Å². The monoisotopic (exact) mass is 275 g/mol. The van der Waals surface area contributed by atoms with Crippen LogP contribution in [0, 0.1) is 0 Å². The summed E-state index contributed by atoms with van der Waals surface area (Å²) in [5, 5.41) is 2.91. The van der Waals surface area contributed by atoms with Crippen molar-refractivity contribution in [3.8, 4) is 0 Å². The molecular formula is C14H17N3OS. The molecule has 1 aromatic heterocycles. The molecule has 2 rings (SSSR count). The summed E-state index contributed by atoms with van der Waals surface area (Å²) in [6.45, 7) is 6.12. The first-order valence-electron chi connectivity index (χ1n) is 6.14. The van der Waals surface area contributed by atoms with Gasteiger partial charge in [0.25, 0.3) is 0 Å². The Labute approximate surface area is 116 Å². The number of amides is 1. The third-order valence-electron chi connectivity index (χ3n) is 2.70. The van der Waals surface area contributed by atoms with Crippen LogP contribution < -0.4 is 5.32 Å². The van der Waals surface area contributed by atoms with Gasteiger partial charge in [-0.1, -0.05) is 18.2 Å². The van der Waals surface area contributed by atoms with Crippen molar-refractivity contribution < 1.29 is 4.79 Å². The van der Waals surface area contributed by atoms with Gasteiger partial charge in [0.05, 0.1) is 22.0 Å². The average Bonchev–Trinajstić information content (AvgIpc) is 2.86. The van der Waals surface area contributed by atoms with Gasteiger partial charge in [-0.25, -0.2) is 4.98 Å². The van der Waals surface area contributed by atoms with Crippen LogP contribution in [-0.2, 0) is 4.79 Å². The number of carbonyl (C=O) groups is 1. The van der Waals surface area contributed by atoms with E-state index >= 15 is 0 Å². The number of thioether (sulfide) groups is 1. The summed E-state index contributed by atoms with van der Waals surface area (Å²) >= 11 is 1.56. The van der Waals surface area contributed by atoms with Crippen LogP contribution in [-0.4, -0.2) is 28.2 Å². The Morgan fingerprint density at radius 2 is 2.37 bits per heavy atom. The number of hydrogen-bond acceptors (Lipinski definition) is 3. The first-order valence-corrected chi connectivity index (χ1v) is 7.19. The number of imidazole rings is 1. The largest absolute Gasteiger partial charge is 0.352 e. The Bertz CT molecular complexity index is 546. The molecule has 0 bridgehead atoms. The molecule has 0 aliphatic heterocycles. The van der Waals surface area contributed by atoms with Crippen molar-refractivity contribution in [1.82, 2.24) is 15.3 Å². The Balaban J connectivity index is 1.94. The molecule has 0 saturated heterocycles. The topological polar surface area (TPSA) is 57.8 Å². The molecule has 1 unspecified atom stereocenters. The molecular weight excluding hydrogens is 258 g/mol. The van der Waals surface area contributed by atoms with Gasteiger partial charge in [0, 0.05) is 6.54 Å². The number of aromatic amines is 1. The third kappa shape index (κ3) is 3.61. The van der Waals surface area contributed by atoms with E-state index in [0.717, 1.165) is 16.9 Å². The summed E-state index contributed by atoms with van der Waals surface area (Å²) in [6.07, 6.45) is 1.67. The standard InChI is InChI=1S/C14H17N3OS/c1-3-8-15-13(18)9-19-10(2)14-16-11-6-4-5-7-12(11)17-14/h3-7,10H,1,8-9H2,2H3,(H,15,18)(H,16,17). The molecule has 19 heavy (non-hydrogen) atoms. The molecule has 5 heteroatoms. The van der Waals surface area contributed by atoms with Gasteiger partial charge in [0.2, 0.25) is 5.91 Å². The van der Waals surface area contributed by atoms with E-state index in [0.29, 0.717) is 12.3 Å².